The molecular weight excluding hydrogens is 328 g/mol. The van der Waals surface area contributed by atoms with Gasteiger partial charge in [-0.1, -0.05) is 24.3 Å². The molecule has 1 saturated heterocycles. The highest BCUT2D eigenvalue weighted by Gasteiger charge is 2.42. The first-order chi connectivity index (χ1) is 11.5. The predicted molar refractivity (Wildman–Crippen MR) is 90.5 cm³/mol. The van der Waals surface area contributed by atoms with Crippen molar-refractivity contribution in [1.82, 2.24) is 4.90 Å². The fourth-order valence-electron chi connectivity index (χ4n) is 3.49. The van der Waals surface area contributed by atoms with E-state index >= 15 is 0 Å². The second-order valence-corrected chi connectivity index (χ2v) is 7.83. The molecule has 2 heterocycles. The number of hydrogen-bond donors (Lipinski definition) is 0. The van der Waals surface area contributed by atoms with Crippen LogP contribution >= 0.6 is 0 Å². The van der Waals surface area contributed by atoms with Crippen molar-refractivity contribution in [1.29, 1.82) is 0 Å². The quantitative estimate of drug-likeness (QED) is 0.828. The van der Waals surface area contributed by atoms with Crippen molar-refractivity contribution >= 4 is 32.4 Å². The molecule has 1 atom stereocenters. The lowest BCUT2D eigenvalue weighted by molar-refractivity contribution is -0.136. The van der Waals surface area contributed by atoms with Crippen molar-refractivity contribution in [2.24, 2.45) is 0 Å². The molecule has 2 aliphatic rings. The van der Waals surface area contributed by atoms with E-state index in [4.69, 9.17) is 4.74 Å². The van der Waals surface area contributed by atoms with Gasteiger partial charge < -0.3 is 9.64 Å². The van der Waals surface area contributed by atoms with Crippen molar-refractivity contribution in [2.75, 3.05) is 30.6 Å². The Bertz CT molecular complexity index is 914. The van der Waals surface area contributed by atoms with E-state index in [0.717, 1.165) is 5.39 Å². The van der Waals surface area contributed by atoms with Crippen LogP contribution in [0.1, 0.15) is 6.92 Å². The predicted octanol–water partition coefficient (Wildman–Crippen LogP) is 1.60. The Morgan fingerprint density at radius 3 is 2.50 bits per heavy atom. The first-order valence-corrected chi connectivity index (χ1v) is 9.38. The fourth-order valence-corrected chi connectivity index (χ4v) is 5.35. The molecule has 0 radical (unpaired) electrons. The van der Waals surface area contributed by atoms with Crippen molar-refractivity contribution in [3.05, 3.63) is 36.4 Å². The van der Waals surface area contributed by atoms with Crippen LogP contribution in [0.25, 0.3) is 10.8 Å². The minimum Gasteiger partial charge on any atom is -0.378 e. The smallest absolute Gasteiger partial charge is 0.265 e. The van der Waals surface area contributed by atoms with Gasteiger partial charge in [-0.2, -0.15) is 0 Å². The molecule has 1 fully saturated rings. The number of hydrogen-bond acceptors (Lipinski definition) is 4. The molecule has 7 heteroatoms. The lowest BCUT2D eigenvalue weighted by Crippen LogP contribution is -2.51. The Morgan fingerprint density at radius 2 is 1.79 bits per heavy atom. The van der Waals surface area contributed by atoms with Crippen LogP contribution in [0.15, 0.2) is 41.3 Å². The highest BCUT2D eigenvalue weighted by atomic mass is 32.2. The SMILES string of the molecule is C[C@H](C(=O)N1CCOCC1)N1c2cccc3cccc(c23)S1(=O)=O. The van der Waals surface area contributed by atoms with Crippen LogP contribution in [-0.4, -0.2) is 51.6 Å². The van der Waals surface area contributed by atoms with E-state index in [1.54, 1.807) is 30.0 Å². The Kier molecular flexibility index (Phi) is 3.51. The summed E-state index contributed by atoms with van der Waals surface area (Å²) in [6, 6.07) is 9.90. The van der Waals surface area contributed by atoms with Crippen LogP contribution in [0.4, 0.5) is 5.69 Å². The largest absolute Gasteiger partial charge is 0.378 e. The molecule has 0 aliphatic carbocycles. The van der Waals surface area contributed by atoms with Gasteiger partial charge in [-0.3, -0.25) is 9.10 Å². The zero-order chi connectivity index (χ0) is 16.9. The van der Waals surface area contributed by atoms with Gasteiger partial charge in [0, 0.05) is 18.5 Å². The van der Waals surface area contributed by atoms with Crippen LogP contribution in [0.2, 0.25) is 0 Å². The van der Waals surface area contributed by atoms with Crippen LogP contribution in [0.5, 0.6) is 0 Å². The number of ether oxygens (including phenoxy) is 1. The van der Waals surface area contributed by atoms with Gasteiger partial charge in [-0.05, 0) is 24.4 Å². The maximum absolute atomic E-state index is 13.0. The first-order valence-electron chi connectivity index (χ1n) is 7.94. The second kappa shape index (κ2) is 5.46. The molecule has 24 heavy (non-hydrogen) atoms. The third-order valence-electron chi connectivity index (χ3n) is 4.65. The summed E-state index contributed by atoms with van der Waals surface area (Å²) in [5.41, 5.74) is 0.581. The summed E-state index contributed by atoms with van der Waals surface area (Å²) in [6.07, 6.45) is 0. The number of carbonyl (C=O) groups excluding carboxylic acids is 1. The average Bonchev–Trinajstić information content (AvgIpc) is 2.84. The first kappa shape index (κ1) is 15.4. The second-order valence-electron chi connectivity index (χ2n) is 6.05. The molecule has 1 amide bonds. The number of anilines is 1. The number of benzene rings is 2. The van der Waals surface area contributed by atoms with Crippen LogP contribution in [0.3, 0.4) is 0 Å². The summed E-state index contributed by atoms with van der Waals surface area (Å²) < 4.78 is 32.6. The molecule has 2 aromatic carbocycles. The highest BCUT2D eigenvalue weighted by Crippen LogP contribution is 2.43. The Labute approximate surface area is 140 Å². The van der Waals surface area contributed by atoms with E-state index in [-0.39, 0.29) is 10.8 Å². The molecule has 0 N–H and O–H groups in total. The van der Waals surface area contributed by atoms with Gasteiger partial charge in [0.2, 0.25) is 5.91 Å². The normalized spacial score (nSPS) is 20.4. The standard InChI is InChI=1S/C17H18N2O4S/c1-12(17(20)18-8-10-23-11-9-18)19-14-6-2-4-13-5-3-7-15(16(13)14)24(19,21)22/h2-7,12H,8-11H2,1H3/t12-/m1/s1. The third kappa shape index (κ3) is 2.12. The van der Waals surface area contributed by atoms with Crippen molar-refractivity contribution in [2.45, 2.75) is 17.9 Å². The van der Waals surface area contributed by atoms with Crippen molar-refractivity contribution in [3.63, 3.8) is 0 Å². The fraction of sp³-hybridized carbons (Fsp3) is 0.353. The summed E-state index contributed by atoms with van der Waals surface area (Å²) >= 11 is 0. The van der Waals surface area contributed by atoms with Gasteiger partial charge in [0.05, 0.1) is 23.8 Å². The topological polar surface area (TPSA) is 66.9 Å². The summed E-state index contributed by atoms with van der Waals surface area (Å²) in [5.74, 6) is -0.188. The highest BCUT2D eigenvalue weighted by molar-refractivity contribution is 7.93. The molecule has 0 bridgehead atoms. The Morgan fingerprint density at radius 1 is 1.12 bits per heavy atom. The minimum absolute atomic E-state index is 0.188. The summed E-state index contributed by atoms with van der Waals surface area (Å²) in [7, 11) is -3.73. The Balaban J connectivity index is 1.79. The lowest BCUT2D eigenvalue weighted by Gasteiger charge is -2.33. The van der Waals surface area contributed by atoms with Crippen LogP contribution < -0.4 is 4.31 Å². The molecule has 0 unspecified atom stereocenters. The summed E-state index contributed by atoms with van der Waals surface area (Å²) in [6.45, 7) is 3.62. The lowest BCUT2D eigenvalue weighted by atomic mass is 10.1. The van der Waals surface area contributed by atoms with Gasteiger partial charge in [0.15, 0.2) is 0 Å². The number of carbonyl (C=O) groups is 1. The number of nitrogens with zero attached hydrogens (tertiary/aromatic N) is 2. The monoisotopic (exact) mass is 346 g/mol. The van der Waals surface area contributed by atoms with Gasteiger partial charge in [0.25, 0.3) is 10.0 Å². The molecule has 0 spiro atoms. The van der Waals surface area contributed by atoms with Crippen molar-refractivity contribution in [3.8, 4) is 0 Å². The van der Waals surface area contributed by atoms with Gasteiger partial charge >= 0.3 is 0 Å². The number of rotatable bonds is 2. The van der Waals surface area contributed by atoms with E-state index in [1.165, 1.54) is 4.31 Å². The van der Waals surface area contributed by atoms with E-state index in [0.29, 0.717) is 37.4 Å². The maximum atomic E-state index is 13.0. The van der Waals surface area contributed by atoms with Gasteiger partial charge in [0.1, 0.15) is 6.04 Å². The van der Waals surface area contributed by atoms with Crippen LogP contribution in [0, 0.1) is 0 Å². The average molecular weight is 346 g/mol. The van der Waals surface area contributed by atoms with E-state index in [1.807, 2.05) is 18.2 Å². The zero-order valence-corrected chi connectivity index (χ0v) is 14.1. The van der Waals surface area contributed by atoms with E-state index in [9.17, 15) is 13.2 Å². The molecule has 126 valence electrons. The molecule has 6 nitrogen and oxygen atoms in total. The molecule has 4 rings (SSSR count). The zero-order valence-electron chi connectivity index (χ0n) is 13.3. The van der Waals surface area contributed by atoms with Crippen LogP contribution in [-0.2, 0) is 19.6 Å². The summed E-state index contributed by atoms with van der Waals surface area (Å²) in [5, 5.41) is 1.56. The van der Waals surface area contributed by atoms with Gasteiger partial charge in [-0.15, -0.1) is 0 Å². The number of morpholine rings is 1. The summed E-state index contributed by atoms with van der Waals surface area (Å²) in [4.78, 5) is 14.8. The molecular formula is C17H18N2O4S. The van der Waals surface area contributed by atoms with E-state index in [2.05, 4.69) is 0 Å². The number of amides is 1. The van der Waals surface area contributed by atoms with Crippen molar-refractivity contribution < 1.29 is 17.9 Å². The molecule has 2 aromatic rings. The Hall–Kier alpha value is -2.12. The maximum Gasteiger partial charge on any atom is 0.265 e. The van der Waals surface area contributed by atoms with Gasteiger partial charge in [-0.25, -0.2) is 8.42 Å². The molecule has 0 aromatic heterocycles. The third-order valence-corrected chi connectivity index (χ3v) is 6.58. The molecule has 2 aliphatic heterocycles. The van der Waals surface area contributed by atoms with E-state index < -0.39 is 16.1 Å². The minimum atomic E-state index is -3.73. The number of sulfonamides is 1. The molecule has 0 saturated carbocycles.